The summed E-state index contributed by atoms with van der Waals surface area (Å²) in [5.74, 6) is 0. The lowest BCUT2D eigenvalue weighted by Gasteiger charge is -2.12. The minimum Gasteiger partial charge on any atom is -0.319 e. The van der Waals surface area contributed by atoms with Crippen molar-refractivity contribution in [3.8, 4) is 0 Å². The molecule has 1 aromatic rings. The first kappa shape index (κ1) is 16.3. The molecule has 2 unspecified atom stereocenters. The Kier molecular flexibility index (Phi) is 5.92. The zero-order chi connectivity index (χ0) is 14.6. The maximum atomic E-state index is 12.3. The van der Waals surface area contributed by atoms with Gasteiger partial charge in [0.1, 0.15) is 4.21 Å². The minimum absolute atomic E-state index is 0.0975. The summed E-state index contributed by atoms with van der Waals surface area (Å²) in [6, 6.07) is 3.73. The van der Waals surface area contributed by atoms with E-state index in [1.54, 1.807) is 6.07 Å². The van der Waals surface area contributed by atoms with Gasteiger partial charge in [0, 0.05) is 16.2 Å². The van der Waals surface area contributed by atoms with Crippen LogP contribution in [0.2, 0.25) is 0 Å². The highest BCUT2D eigenvalue weighted by molar-refractivity contribution is 7.99. The van der Waals surface area contributed by atoms with Crippen molar-refractivity contribution >= 4 is 33.1 Å². The third-order valence-corrected chi connectivity index (χ3v) is 7.82. The molecule has 20 heavy (non-hydrogen) atoms. The van der Waals surface area contributed by atoms with Gasteiger partial charge in [-0.2, -0.15) is 11.8 Å². The summed E-state index contributed by atoms with van der Waals surface area (Å²) in [6.45, 7) is 0.867. The lowest BCUT2D eigenvalue weighted by atomic mass is 10.3. The highest BCUT2D eigenvalue weighted by atomic mass is 32.2. The fraction of sp³-hybridized carbons (Fsp3) is 0.692. The van der Waals surface area contributed by atoms with Gasteiger partial charge in [0.05, 0.1) is 0 Å². The molecule has 1 aliphatic rings. The van der Waals surface area contributed by atoms with Gasteiger partial charge in [-0.05, 0) is 57.7 Å². The molecule has 1 heterocycles. The molecule has 2 rings (SSSR count). The highest BCUT2D eigenvalue weighted by Gasteiger charge is 2.28. The van der Waals surface area contributed by atoms with Crippen molar-refractivity contribution in [3.63, 3.8) is 0 Å². The van der Waals surface area contributed by atoms with Crippen molar-refractivity contribution < 1.29 is 8.42 Å². The average molecular weight is 335 g/mol. The molecule has 0 amide bonds. The third-order valence-electron chi connectivity index (χ3n) is 3.56. The Morgan fingerprint density at radius 3 is 2.85 bits per heavy atom. The van der Waals surface area contributed by atoms with Crippen LogP contribution in [0.25, 0.3) is 0 Å². The first-order valence-electron chi connectivity index (χ1n) is 6.83. The van der Waals surface area contributed by atoms with Gasteiger partial charge in [-0.1, -0.05) is 0 Å². The van der Waals surface area contributed by atoms with E-state index in [4.69, 9.17) is 0 Å². The third kappa shape index (κ3) is 4.21. The van der Waals surface area contributed by atoms with Gasteiger partial charge in [-0.3, -0.25) is 0 Å². The van der Waals surface area contributed by atoms with Crippen LogP contribution < -0.4 is 10.0 Å². The molecular formula is C13H22N2O2S3. The Bertz CT molecular complexity index is 527. The van der Waals surface area contributed by atoms with Crippen molar-refractivity contribution in [2.45, 2.75) is 41.2 Å². The number of rotatable bonds is 7. The van der Waals surface area contributed by atoms with E-state index in [0.29, 0.717) is 9.46 Å². The van der Waals surface area contributed by atoms with Gasteiger partial charge >= 0.3 is 0 Å². The lowest BCUT2D eigenvalue weighted by molar-refractivity contribution is 0.554. The van der Waals surface area contributed by atoms with Crippen LogP contribution in [-0.4, -0.2) is 39.6 Å². The van der Waals surface area contributed by atoms with E-state index < -0.39 is 10.0 Å². The Morgan fingerprint density at radius 1 is 1.40 bits per heavy atom. The van der Waals surface area contributed by atoms with Crippen molar-refractivity contribution in [3.05, 3.63) is 17.0 Å². The molecule has 0 aliphatic heterocycles. The smallest absolute Gasteiger partial charge is 0.250 e. The average Bonchev–Trinajstić information content (AvgIpc) is 3.04. The van der Waals surface area contributed by atoms with Crippen molar-refractivity contribution in [1.29, 1.82) is 0 Å². The number of likely N-dealkylation sites (N-methyl/N-ethyl adjacent to an activating group) is 1. The van der Waals surface area contributed by atoms with E-state index in [2.05, 4.69) is 16.3 Å². The minimum atomic E-state index is -3.34. The molecule has 0 spiro atoms. The predicted molar refractivity (Wildman–Crippen MR) is 87.2 cm³/mol. The summed E-state index contributed by atoms with van der Waals surface area (Å²) in [5, 5.41) is 3.67. The molecule has 1 aromatic heterocycles. The van der Waals surface area contributed by atoms with E-state index >= 15 is 0 Å². The van der Waals surface area contributed by atoms with E-state index in [9.17, 15) is 8.42 Å². The van der Waals surface area contributed by atoms with Crippen LogP contribution in [-0.2, 0) is 16.4 Å². The van der Waals surface area contributed by atoms with Crippen LogP contribution in [0.15, 0.2) is 16.3 Å². The largest absolute Gasteiger partial charge is 0.319 e. The number of nitrogens with one attached hydrogen (secondary N) is 2. The summed E-state index contributed by atoms with van der Waals surface area (Å²) < 4.78 is 28.0. The molecule has 1 aliphatic carbocycles. The van der Waals surface area contributed by atoms with Gasteiger partial charge in [0.15, 0.2) is 0 Å². The summed E-state index contributed by atoms with van der Waals surface area (Å²) >= 11 is 3.21. The number of thiophene rings is 1. The highest BCUT2D eigenvalue weighted by Crippen LogP contribution is 2.30. The van der Waals surface area contributed by atoms with Crippen molar-refractivity contribution in [2.75, 3.05) is 19.8 Å². The number of sulfonamides is 1. The van der Waals surface area contributed by atoms with Gasteiger partial charge in [0.2, 0.25) is 10.0 Å². The number of hydrogen-bond donors (Lipinski definition) is 2. The van der Waals surface area contributed by atoms with Gasteiger partial charge in [-0.25, -0.2) is 13.1 Å². The molecule has 4 nitrogen and oxygen atoms in total. The lowest BCUT2D eigenvalue weighted by Crippen LogP contribution is -2.32. The predicted octanol–water partition coefficient (Wildman–Crippen LogP) is 2.07. The summed E-state index contributed by atoms with van der Waals surface area (Å²) in [6.07, 6.45) is 5.96. The molecule has 2 N–H and O–H groups in total. The SMILES string of the molecule is CNCCc1ccc(S(=O)(=O)NC2CCC(SC)C2)s1. The zero-order valence-electron chi connectivity index (χ0n) is 11.9. The number of hydrogen-bond acceptors (Lipinski definition) is 5. The molecular weight excluding hydrogens is 312 g/mol. The van der Waals surface area contributed by atoms with Crippen LogP contribution in [0.4, 0.5) is 0 Å². The molecule has 0 bridgehead atoms. The van der Waals surface area contributed by atoms with E-state index in [-0.39, 0.29) is 6.04 Å². The maximum absolute atomic E-state index is 12.3. The Hall–Kier alpha value is -0.0800. The summed E-state index contributed by atoms with van der Waals surface area (Å²) in [4.78, 5) is 1.10. The first-order valence-corrected chi connectivity index (χ1v) is 10.4. The Balaban J connectivity index is 1.98. The van der Waals surface area contributed by atoms with Crippen LogP contribution in [0, 0.1) is 0 Å². The number of thioether (sulfide) groups is 1. The van der Waals surface area contributed by atoms with Crippen LogP contribution in [0.5, 0.6) is 0 Å². The fourth-order valence-electron chi connectivity index (χ4n) is 2.42. The quantitative estimate of drug-likeness (QED) is 0.801. The van der Waals surface area contributed by atoms with Gasteiger partial charge in [-0.15, -0.1) is 11.3 Å². The van der Waals surface area contributed by atoms with Crippen LogP contribution >= 0.6 is 23.1 Å². The van der Waals surface area contributed by atoms with Gasteiger partial charge in [0.25, 0.3) is 0 Å². The normalized spacial score (nSPS) is 23.3. The molecule has 2 atom stereocenters. The maximum Gasteiger partial charge on any atom is 0.250 e. The molecule has 1 fully saturated rings. The topological polar surface area (TPSA) is 58.2 Å². The Morgan fingerprint density at radius 2 is 2.20 bits per heavy atom. The van der Waals surface area contributed by atoms with E-state index in [1.165, 1.54) is 11.3 Å². The fourth-order valence-corrected chi connectivity index (χ4v) is 5.88. The standard InChI is InChI=1S/C13H22N2O2S3/c1-14-8-7-11-5-6-13(19-11)20(16,17)15-10-3-4-12(9-10)18-2/h5-6,10,12,14-15H,3-4,7-9H2,1-2H3. The van der Waals surface area contributed by atoms with Crippen molar-refractivity contribution in [2.24, 2.45) is 0 Å². The van der Waals surface area contributed by atoms with Crippen molar-refractivity contribution in [1.82, 2.24) is 10.0 Å². The van der Waals surface area contributed by atoms with Crippen LogP contribution in [0.1, 0.15) is 24.1 Å². The van der Waals surface area contributed by atoms with Gasteiger partial charge < -0.3 is 5.32 Å². The summed E-state index contributed by atoms with van der Waals surface area (Å²) in [7, 11) is -1.44. The molecule has 0 saturated heterocycles. The first-order chi connectivity index (χ1) is 9.55. The monoisotopic (exact) mass is 334 g/mol. The second-order valence-electron chi connectivity index (χ2n) is 5.06. The zero-order valence-corrected chi connectivity index (χ0v) is 14.3. The molecule has 1 saturated carbocycles. The molecule has 0 radical (unpaired) electrons. The van der Waals surface area contributed by atoms with E-state index in [0.717, 1.165) is 37.1 Å². The second-order valence-corrected chi connectivity index (χ2v) is 9.31. The van der Waals surface area contributed by atoms with Crippen LogP contribution in [0.3, 0.4) is 0 Å². The second kappa shape index (κ2) is 7.26. The Labute approximate surface area is 129 Å². The molecule has 0 aromatic carbocycles. The molecule has 114 valence electrons. The van der Waals surface area contributed by atoms with E-state index in [1.807, 2.05) is 24.9 Å². The summed E-state index contributed by atoms with van der Waals surface area (Å²) in [5.41, 5.74) is 0. The molecule has 7 heteroatoms.